The molecule has 0 saturated heterocycles. The third-order valence-electron chi connectivity index (χ3n) is 3.27. The normalized spacial score (nSPS) is 10.8. The van der Waals surface area contributed by atoms with Gasteiger partial charge in [-0.2, -0.15) is 0 Å². The SMILES string of the molecule is CCNCc1c(C)nc(Cc2cccc(Br)c2)nc1C. The molecule has 0 amide bonds. The van der Waals surface area contributed by atoms with Crippen LogP contribution in [0.3, 0.4) is 0 Å². The fourth-order valence-electron chi connectivity index (χ4n) is 2.22. The molecule has 20 heavy (non-hydrogen) atoms. The van der Waals surface area contributed by atoms with Gasteiger partial charge < -0.3 is 5.32 Å². The average molecular weight is 334 g/mol. The van der Waals surface area contributed by atoms with Crippen LogP contribution in [0.15, 0.2) is 28.7 Å². The summed E-state index contributed by atoms with van der Waals surface area (Å²) >= 11 is 3.50. The molecule has 0 spiro atoms. The van der Waals surface area contributed by atoms with E-state index in [9.17, 15) is 0 Å². The zero-order valence-corrected chi connectivity index (χ0v) is 13.8. The lowest BCUT2D eigenvalue weighted by atomic mass is 10.1. The molecule has 0 aliphatic rings. The quantitative estimate of drug-likeness (QED) is 0.909. The Morgan fingerprint density at radius 2 is 1.85 bits per heavy atom. The Balaban J connectivity index is 2.21. The zero-order chi connectivity index (χ0) is 14.5. The van der Waals surface area contributed by atoms with Crippen molar-refractivity contribution in [3.63, 3.8) is 0 Å². The fourth-order valence-corrected chi connectivity index (χ4v) is 2.67. The summed E-state index contributed by atoms with van der Waals surface area (Å²) in [7, 11) is 0. The second-order valence-corrected chi connectivity index (χ2v) is 5.79. The number of hydrogen-bond acceptors (Lipinski definition) is 3. The van der Waals surface area contributed by atoms with Gasteiger partial charge in [-0.15, -0.1) is 0 Å². The van der Waals surface area contributed by atoms with Gasteiger partial charge in [0.25, 0.3) is 0 Å². The molecule has 1 heterocycles. The van der Waals surface area contributed by atoms with Crippen LogP contribution in [-0.4, -0.2) is 16.5 Å². The summed E-state index contributed by atoms with van der Waals surface area (Å²) in [5.74, 6) is 0.887. The third-order valence-corrected chi connectivity index (χ3v) is 3.76. The van der Waals surface area contributed by atoms with E-state index < -0.39 is 0 Å². The Kier molecular flexibility index (Phi) is 5.26. The summed E-state index contributed by atoms with van der Waals surface area (Å²) in [6.45, 7) is 8.02. The topological polar surface area (TPSA) is 37.8 Å². The molecule has 3 nitrogen and oxygen atoms in total. The maximum absolute atomic E-state index is 4.65. The van der Waals surface area contributed by atoms with Gasteiger partial charge in [-0.05, 0) is 38.1 Å². The Labute approximate surface area is 129 Å². The van der Waals surface area contributed by atoms with Gasteiger partial charge in [0.1, 0.15) is 5.82 Å². The molecule has 0 aliphatic carbocycles. The van der Waals surface area contributed by atoms with Crippen molar-refractivity contribution in [1.29, 1.82) is 0 Å². The van der Waals surface area contributed by atoms with Gasteiger partial charge in [0.2, 0.25) is 0 Å². The zero-order valence-electron chi connectivity index (χ0n) is 12.2. The van der Waals surface area contributed by atoms with Crippen molar-refractivity contribution in [2.75, 3.05) is 6.54 Å². The first-order chi connectivity index (χ1) is 9.60. The lowest BCUT2D eigenvalue weighted by molar-refractivity contribution is 0.706. The van der Waals surface area contributed by atoms with Crippen LogP contribution in [0.1, 0.15) is 35.3 Å². The molecule has 4 heteroatoms. The maximum Gasteiger partial charge on any atom is 0.133 e. The lowest BCUT2D eigenvalue weighted by Crippen LogP contribution is -2.16. The van der Waals surface area contributed by atoms with E-state index in [1.165, 1.54) is 11.1 Å². The minimum absolute atomic E-state index is 0.766. The Morgan fingerprint density at radius 1 is 1.15 bits per heavy atom. The van der Waals surface area contributed by atoms with E-state index in [1.807, 2.05) is 12.1 Å². The number of hydrogen-bond donors (Lipinski definition) is 1. The van der Waals surface area contributed by atoms with Crippen LogP contribution < -0.4 is 5.32 Å². The van der Waals surface area contributed by atoms with Gasteiger partial charge in [0, 0.05) is 34.4 Å². The predicted octanol–water partition coefficient (Wildman–Crippen LogP) is 3.56. The second-order valence-electron chi connectivity index (χ2n) is 4.88. The van der Waals surface area contributed by atoms with Gasteiger partial charge in [-0.1, -0.05) is 35.0 Å². The monoisotopic (exact) mass is 333 g/mol. The molecular weight excluding hydrogens is 314 g/mol. The highest BCUT2D eigenvalue weighted by Gasteiger charge is 2.08. The second kappa shape index (κ2) is 6.95. The van der Waals surface area contributed by atoms with Crippen LogP contribution in [0.2, 0.25) is 0 Å². The number of benzene rings is 1. The number of halogens is 1. The highest BCUT2D eigenvalue weighted by molar-refractivity contribution is 9.10. The number of nitrogens with zero attached hydrogens (tertiary/aromatic N) is 2. The molecule has 2 aromatic rings. The summed E-state index contributed by atoms with van der Waals surface area (Å²) in [6, 6.07) is 8.28. The molecule has 2 rings (SSSR count). The Hall–Kier alpha value is -1.26. The van der Waals surface area contributed by atoms with Crippen molar-refractivity contribution in [3.8, 4) is 0 Å². The standard InChI is InChI=1S/C16H20BrN3/c1-4-18-10-15-11(2)19-16(20-12(15)3)9-13-6-5-7-14(17)8-13/h5-8,18H,4,9-10H2,1-3H3. The molecule has 0 radical (unpaired) electrons. The van der Waals surface area contributed by atoms with Crippen LogP contribution >= 0.6 is 15.9 Å². The van der Waals surface area contributed by atoms with Crippen molar-refractivity contribution < 1.29 is 0 Å². The molecule has 0 fully saturated rings. The van der Waals surface area contributed by atoms with E-state index in [0.29, 0.717) is 0 Å². The Morgan fingerprint density at radius 3 is 2.45 bits per heavy atom. The fraction of sp³-hybridized carbons (Fsp3) is 0.375. The minimum atomic E-state index is 0.766. The van der Waals surface area contributed by atoms with E-state index in [2.05, 4.69) is 64.1 Å². The molecule has 0 bridgehead atoms. The predicted molar refractivity (Wildman–Crippen MR) is 85.8 cm³/mol. The highest BCUT2D eigenvalue weighted by Crippen LogP contribution is 2.16. The molecule has 1 aromatic carbocycles. The molecule has 0 unspecified atom stereocenters. The van der Waals surface area contributed by atoms with E-state index in [4.69, 9.17) is 0 Å². The molecule has 1 N–H and O–H groups in total. The van der Waals surface area contributed by atoms with Gasteiger partial charge in [-0.25, -0.2) is 9.97 Å². The smallest absolute Gasteiger partial charge is 0.133 e. The van der Waals surface area contributed by atoms with Gasteiger partial charge in [-0.3, -0.25) is 0 Å². The summed E-state index contributed by atoms with van der Waals surface area (Å²) in [6.07, 6.45) is 0.766. The van der Waals surface area contributed by atoms with Crippen LogP contribution in [0.4, 0.5) is 0 Å². The summed E-state index contributed by atoms with van der Waals surface area (Å²) in [5.41, 5.74) is 4.58. The van der Waals surface area contributed by atoms with E-state index >= 15 is 0 Å². The summed E-state index contributed by atoms with van der Waals surface area (Å²) in [5, 5.41) is 3.34. The molecule has 1 aromatic heterocycles. The van der Waals surface area contributed by atoms with E-state index in [-0.39, 0.29) is 0 Å². The molecule has 0 aliphatic heterocycles. The summed E-state index contributed by atoms with van der Waals surface area (Å²) < 4.78 is 1.09. The van der Waals surface area contributed by atoms with Crippen LogP contribution in [0.25, 0.3) is 0 Å². The molecular formula is C16H20BrN3. The number of aryl methyl sites for hydroxylation is 2. The maximum atomic E-state index is 4.65. The van der Waals surface area contributed by atoms with Crippen molar-refractivity contribution in [3.05, 3.63) is 57.1 Å². The van der Waals surface area contributed by atoms with Crippen LogP contribution in [0, 0.1) is 13.8 Å². The van der Waals surface area contributed by atoms with Crippen LogP contribution in [-0.2, 0) is 13.0 Å². The molecule has 0 atom stereocenters. The first-order valence-electron chi connectivity index (χ1n) is 6.88. The molecule has 106 valence electrons. The minimum Gasteiger partial charge on any atom is -0.313 e. The van der Waals surface area contributed by atoms with Crippen molar-refractivity contribution in [1.82, 2.24) is 15.3 Å². The van der Waals surface area contributed by atoms with Crippen molar-refractivity contribution in [2.45, 2.75) is 33.7 Å². The van der Waals surface area contributed by atoms with Gasteiger partial charge in [0.05, 0.1) is 0 Å². The van der Waals surface area contributed by atoms with Crippen molar-refractivity contribution in [2.24, 2.45) is 0 Å². The third kappa shape index (κ3) is 3.87. The van der Waals surface area contributed by atoms with E-state index in [0.717, 1.165) is 41.2 Å². The summed E-state index contributed by atoms with van der Waals surface area (Å²) in [4.78, 5) is 9.29. The molecule has 0 saturated carbocycles. The Bertz CT molecular complexity index is 573. The number of rotatable bonds is 5. The average Bonchev–Trinajstić information content (AvgIpc) is 2.38. The van der Waals surface area contributed by atoms with Gasteiger partial charge >= 0.3 is 0 Å². The first kappa shape index (κ1) is 15.1. The number of nitrogens with one attached hydrogen (secondary N) is 1. The largest absolute Gasteiger partial charge is 0.313 e. The van der Waals surface area contributed by atoms with Gasteiger partial charge in [0.15, 0.2) is 0 Å². The first-order valence-corrected chi connectivity index (χ1v) is 7.67. The highest BCUT2D eigenvalue weighted by atomic mass is 79.9. The number of aromatic nitrogens is 2. The van der Waals surface area contributed by atoms with E-state index in [1.54, 1.807) is 0 Å². The lowest BCUT2D eigenvalue weighted by Gasteiger charge is -2.11. The van der Waals surface area contributed by atoms with Crippen LogP contribution in [0.5, 0.6) is 0 Å². The van der Waals surface area contributed by atoms with Crippen molar-refractivity contribution >= 4 is 15.9 Å².